The molecule has 2 saturated heterocycles. The third kappa shape index (κ3) is 7.45. The molecule has 10 heteroatoms. The molecule has 0 spiro atoms. The summed E-state index contributed by atoms with van der Waals surface area (Å²) in [6.07, 6.45) is 9.22. The molecule has 2 aliphatic heterocycles. The average Bonchev–Trinajstić information content (AvgIpc) is 3.98. The SMILES string of the molecule is CN(C)[C@@H](C(=O)N1CCC[C@@H]1c1ncc(CCc2ccc(-c3cnc([C@H]4CCCN4C(=O)[C@@H](c4ccccc4)N(C)C)[nH]3)cc2)[nH]1)c1ccccc1. The fourth-order valence-corrected chi connectivity index (χ4v) is 7.99. The van der Waals surface area contributed by atoms with Crippen molar-refractivity contribution in [3.63, 3.8) is 0 Å². The molecule has 2 aliphatic rings. The molecule has 7 rings (SSSR count). The second-order valence-corrected chi connectivity index (χ2v) is 14.6. The smallest absolute Gasteiger partial charge is 0.245 e. The van der Waals surface area contributed by atoms with E-state index in [4.69, 9.17) is 9.97 Å². The number of nitrogens with zero attached hydrogens (tertiary/aromatic N) is 6. The predicted molar refractivity (Wildman–Crippen MR) is 203 cm³/mol. The number of imidazole rings is 2. The molecular formula is C42H50N8O2. The van der Waals surface area contributed by atoms with E-state index < -0.39 is 0 Å². The van der Waals surface area contributed by atoms with Gasteiger partial charge in [-0.25, -0.2) is 9.97 Å². The lowest BCUT2D eigenvalue weighted by atomic mass is 10.0. The van der Waals surface area contributed by atoms with Gasteiger partial charge in [0.15, 0.2) is 0 Å². The Labute approximate surface area is 306 Å². The Kier molecular flexibility index (Phi) is 10.7. The molecule has 2 aromatic heterocycles. The molecule has 0 saturated carbocycles. The van der Waals surface area contributed by atoms with Gasteiger partial charge in [0.25, 0.3) is 0 Å². The van der Waals surface area contributed by atoms with Gasteiger partial charge in [-0.1, -0.05) is 84.9 Å². The molecule has 0 bridgehead atoms. The number of likely N-dealkylation sites (N-methyl/N-ethyl adjacent to an activating group) is 2. The maximum atomic E-state index is 13.9. The van der Waals surface area contributed by atoms with E-state index in [2.05, 4.69) is 34.2 Å². The molecule has 2 N–H and O–H groups in total. The van der Waals surface area contributed by atoms with Gasteiger partial charge in [-0.2, -0.15) is 0 Å². The van der Waals surface area contributed by atoms with E-state index in [-0.39, 0.29) is 36.0 Å². The van der Waals surface area contributed by atoms with Gasteiger partial charge < -0.3 is 19.8 Å². The van der Waals surface area contributed by atoms with E-state index in [0.29, 0.717) is 0 Å². The molecule has 3 aromatic carbocycles. The van der Waals surface area contributed by atoms with Crippen LogP contribution in [0.25, 0.3) is 11.3 Å². The first kappa shape index (κ1) is 35.3. The number of carbonyl (C=O) groups is 2. The van der Waals surface area contributed by atoms with Crippen LogP contribution in [0.2, 0.25) is 0 Å². The molecule has 0 radical (unpaired) electrons. The third-order valence-corrected chi connectivity index (χ3v) is 10.6. The molecule has 4 heterocycles. The Morgan fingerprint density at radius 2 is 1.17 bits per heavy atom. The van der Waals surface area contributed by atoms with E-state index in [1.54, 1.807) is 0 Å². The standard InChI is InChI=1S/C42H50N8O2/c1-47(2)37(31-13-7-5-8-14-31)41(51)49-25-11-17-35(49)39-43-27-33(45-39)24-21-29-19-22-30(23-20-29)34-28-44-40(46-34)36-18-12-26-50(36)42(52)38(48(3)4)32-15-9-6-10-16-32/h5-10,13-16,19-20,22-23,27-28,35-38H,11-12,17-18,21,24-26H2,1-4H3,(H,43,45)(H,44,46)/t35-,36-,37-,38-/m1/s1. The van der Waals surface area contributed by atoms with Crippen molar-refractivity contribution in [1.29, 1.82) is 0 Å². The second-order valence-electron chi connectivity index (χ2n) is 14.6. The summed E-state index contributed by atoms with van der Waals surface area (Å²) in [6.45, 7) is 1.47. The third-order valence-electron chi connectivity index (χ3n) is 10.6. The maximum absolute atomic E-state index is 13.9. The van der Waals surface area contributed by atoms with Crippen LogP contribution < -0.4 is 0 Å². The fraction of sp³-hybridized carbons (Fsp3) is 0.381. The van der Waals surface area contributed by atoms with Crippen molar-refractivity contribution >= 4 is 11.8 Å². The highest BCUT2D eigenvalue weighted by molar-refractivity contribution is 5.84. The summed E-state index contributed by atoms with van der Waals surface area (Å²) in [6, 6.07) is 27.9. The maximum Gasteiger partial charge on any atom is 0.245 e. The highest BCUT2D eigenvalue weighted by Gasteiger charge is 2.38. The zero-order chi connectivity index (χ0) is 36.2. The van der Waals surface area contributed by atoms with Gasteiger partial charge in [0.2, 0.25) is 11.8 Å². The number of carbonyl (C=O) groups excluding carboxylic acids is 2. The summed E-state index contributed by atoms with van der Waals surface area (Å²) in [7, 11) is 7.85. The van der Waals surface area contributed by atoms with Crippen LogP contribution in [0.15, 0.2) is 97.3 Å². The number of amides is 2. The minimum atomic E-state index is -0.334. The predicted octanol–water partition coefficient (Wildman–Crippen LogP) is 6.52. The zero-order valence-corrected chi connectivity index (χ0v) is 30.7. The number of aryl methyl sites for hydroxylation is 2. The van der Waals surface area contributed by atoms with Gasteiger partial charge in [-0.05, 0) is 89.0 Å². The highest BCUT2D eigenvalue weighted by Crippen LogP contribution is 2.36. The number of rotatable bonds is 12. The first-order valence-corrected chi connectivity index (χ1v) is 18.5. The minimum Gasteiger partial charge on any atom is -0.344 e. The Bertz CT molecular complexity index is 1940. The summed E-state index contributed by atoms with van der Waals surface area (Å²) >= 11 is 0. The fourth-order valence-electron chi connectivity index (χ4n) is 7.99. The molecule has 5 aromatic rings. The van der Waals surface area contributed by atoms with Gasteiger partial charge in [-0.3, -0.25) is 19.4 Å². The topological polar surface area (TPSA) is 104 Å². The van der Waals surface area contributed by atoms with Crippen LogP contribution in [0.1, 0.15) is 83.9 Å². The lowest BCUT2D eigenvalue weighted by molar-refractivity contribution is -0.138. The Hall–Kier alpha value is -5.06. The number of aromatic nitrogens is 4. The van der Waals surface area contributed by atoms with Crippen LogP contribution in [0.4, 0.5) is 0 Å². The van der Waals surface area contributed by atoms with Crippen molar-refractivity contribution in [1.82, 2.24) is 39.5 Å². The summed E-state index contributed by atoms with van der Waals surface area (Å²) in [5, 5.41) is 0. The van der Waals surface area contributed by atoms with E-state index in [1.807, 2.05) is 121 Å². The number of hydrogen-bond acceptors (Lipinski definition) is 6. The second kappa shape index (κ2) is 15.7. The van der Waals surface area contributed by atoms with Crippen molar-refractivity contribution in [2.45, 2.75) is 62.7 Å². The monoisotopic (exact) mass is 698 g/mol. The Morgan fingerprint density at radius 1 is 0.673 bits per heavy atom. The normalized spacial score (nSPS) is 18.7. The number of aromatic amines is 2. The van der Waals surface area contributed by atoms with Gasteiger partial charge in [0.1, 0.15) is 23.7 Å². The van der Waals surface area contributed by atoms with E-state index in [1.165, 1.54) is 5.56 Å². The molecule has 52 heavy (non-hydrogen) atoms. The highest BCUT2D eigenvalue weighted by atomic mass is 16.2. The van der Waals surface area contributed by atoms with Gasteiger partial charge in [0, 0.05) is 25.0 Å². The van der Waals surface area contributed by atoms with Crippen molar-refractivity contribution in [2.24, 2.45) is 0 Å². The Morgan fingerprint density at radius 3 is 1.69 bits per heavy atom. The minimum absolute atomic E-state index is 0.0429. The van der Waals surface area contributed by atoms with E-state index >= 15 is 0 Å². The number of nitrogens with one attached hydrogen (secondary N) is 2. The van der Waals surface area contributed by atoms with Gasteiger partial charge >= 0.3 is 0 Å². The molecule has 0 unspecified atom stereocenters. The van der Waals surface area contributed by atoms with Gasteiger partial charge in [-0.15, -0.1) is 0 Å². The number of hydrogen-bond donors (Lipinski definition) is 2. The first-order valence-electron chi connectivity index (χ1n) is 18.5. The first-order chi connectivity index (χ1) is 25.3. The molecule has 0 aliphatic carbocycles. The molecule has 2 amide bonds. The zero-order valence-electron chi connectivity index (χ0n) is 30.7. The van der Waals surface area contributed by atoms with E-state index in [9.17, 15) is 9.59 Å². The lowest BCUT2D eigenvalue weighted by Gasteiger charge is -2.31. The molecule has 10 nitrogen and oxygen atoms in total. The van der Waals surface area contributed by atoms with Crippen LogP contribution >= 0.6 is 0 Å². The van der Waals surface area contributed by atoms with E-state index in [0.717, 1.165) is 91.3 Å². The quantitative estimate of drug-likeness (QED) is 0.154. The molecule has 4 atom stereocenters. The number of H-pyrrole nitrogens is 2. The van der Waals surface area contributed by atoms with Crippen molar-refractivity contribution in [2.75, 3.05) is 41.3 Å². The van der Waals surface area contributed by atoms with Crippen LogP contribution in [0, 0.1) is 0 Å². The van der Waals surface area contributed by atoms with Crippen LogP contribution in [0.3, 0.4) is 0 Å². The summed E-state index contributed by atoms with van der Waals surface area (Å²) in [5.41, 5.74) is 6.33. The molecule has 2 fully saturated rings. The summed E-state index contributed by atoms with van der Waals surface area (Å²) < 4.78 is 0. The average molecular weight is 699 g/mol. The van der Waals surface area contributed by atoms with Crippen LogP contribution in [0.5, 0.6) is 0 Å². The largest absolute Gasteiger partial charge is 0.344 e. The molecular weight excluding hydrogens is 649 g/mol. The summed E-state index contributed by atoms with van der Waals surface area (Å²) in [4.78, 5) is 52.3. The van der Waals surface area contributed by atoms with Crippen LogP contribution in [-0.4, -0.2) is 92.6 Å². The molecule has 270 valence electrons. The van der Waals surface area contributed by atoms with Crippen molar-refractivity contribution in [3.05, 3.63) is 131 Å². The van der Waals surface area contributed by atoms with Crippen molar-refractivity contribution in [3.8, 4) is 11.3 Å². The summed E-state index contributed by atoms with van der Waals surface area (Å²) in [5.74, 6) is 1.94. The number of likely N-dealkylation sites (tertiary alicyclic amines) is 2. The van der Waals surface area contributed by atoms with Gasteiger partial charge in [0.05, 0.1) is 24.0 Å². The Balaban J connectivity index is 0.970. The van der Waals surface area contributed by atoms with Crippen LogP contribution in [-0.2, 0) is 22.4 Å². The number of benzene rings is 3. The lowest BCUT2D eigenvalue weighted by Crippen LogP contribution is -2.40. The van der Waals surface area contributed by atoms with Crippen molar-refractivity contribution < 1.29 is 9.59 Å².